The van der Waals surface area contributed by atoms with Crippen molar-refractivity contribution in [3.05, 3.63) is 35.4 Å². The zero-order chi connectivity index (χ0) is 14.6. The Labute approximate surface area is 122 Å². The molecule has 0 spiro atoms. The second-order valence-corrected chi connectivity index (χ2v) is 5.80. The lowest BCUT2D eigenvalue weighted by atomic mass is 9.88. The molecule has 0 unspecified atom stereocenters. The van der Waals surface area contributed by atoms with Crippen molar-refractivity contribution in [3.8, 4) is 0 Å². The van der Waals surface area contributed by atoms with Crippen LogP contribution in [0.25, 0.3) is 0 Å². The van der Waals surface area contributed by atoms with Crippen molar-refractivity contribution in [1.29, 1.82) is 0 Å². The Morgan fingerprint density at radius 1 is 1.30 bits per heavy atom. The molecule has 1 aromatic carbocycles. The number of carbonyl (C=O) groups is 1. The molecule has 0 radical (unpaired) electrons. The average molecular weight is 302 g/mol. The summed E-state index contributed by atoms with van der Waals surface area (Å²) in [6.45, 7) is 0.526. The third kappa shape index (κ3) is 3.69. The Morgan fingerprint density at radius 3 is 2.60 bits per heavy atom. The molecule has 2 nitrogen and oxygen atoms in total. The Morgan fingerprint density at radius 2 is 2.00 bits per heavy atom. The van der Waals surface area contributed by atoms with Crippen LogP contribution in [0.3, 0.4) is 0 Å². The van der Waals surface area contributed by atoms with Crippen LogP contribution in [0.5, 0.6) is 0 Å². The summed E-state index contributed by atoms with van der Waals surface area (Å²) < 4.78 is 26.2. The predicted molar refractivity (Wildman–Crippen MR) is 74.7 cm³/mol. The van der Waals surface area contributed by atoms with Gasteiger partial charge in [0.05, 0.1) is 6.42 Å². The maximum absolute atomic E-state index is 13.5. The van der Waals surface area contributed by atoms with Gasteiger partial charge in [-0.25, -0.2) is 8.78 Å². The maximum atomic E-state index is 13.5. The number of alkyl halides is 1. The molecule has 0 aromatic heterocycles. The first-order valence-corrected chi connectivity index (χ1v) is 7.35. The average Bonchev–Trinajstić information content (AvgIpc) is 2.89. The Bertz CT molecular complexity index is 487. The molecule has 0 heterocycles. The molecule has 0 bridgehead atoms. The number of nitrogens with one attached hydrogen (secondary N) is 1. The molecule has 1 amide bonds. The van der Waals surface area contributed by atoms with E-state index in [9.17, 15) is 13.6 Å². The SMILES string of the molecule is O=C(Cc1ccc(F)cc1F)NCC1(CCl)CCCC1. The summed E-state index contributed by atoms with van der Waals surface area (Å²) in [6.07, 6.45) is 4.22. The van der Waals surface area contributed by atoms with Crippen molar-refractivity contribution in [2.24, 2.45) is 5.41 Å². The molecule has 0 saturated heterocycles. The molecule has 1 saturated carbocycles. The predicted octanol–water partition coefficient (Wildman–Crippen LogP) is 3.42. The zero-order valence-corrected chi connectivity index (χ0v) is 12.0. The standard InChI is InChI=1S/C15H18ClF2NO/c16-9-15(5-1-2-6-15)10-19-14(20)7-11-3-4-12(17)8-13(11)18/h3-4,8H,1-2,5-7,9-10H2,(H,19,20). The van der Waals surface area contributed by atoms with Crippen molar-refractivity contribution in [2.75, 3.05) is 12.4 Å². The number of carbonyl (C=O) groups excluding carboxylic acids is 1. The van der Waals surface area contributed by atoms with E-state index in [2.05, 4.69) is 5.32 Å². The quantitative estimate of drug-likeness (QED) is 0.830. The minimum absolute atomic E-state index is 0.0153. The fourth-order valence-electron chi connectivity index (χ4n) is 2.67. The molecule has 1 aliphatic carbocycles. The zero-order valence-electron chi connectivity index (χ0n) is 11.2. The molecule has 1 N–H and O–H groups in total. The molecule has 1 aromatic rings. The molecule has 5 heteroatoms. The summed E-state index contributed by atoms with van der Waals surface area (Å²) in [6, 6.07) is 3.25. The van der Waals surface area contributed by atoms with Gasteiger partial charge in [-0.2, -0.15) is 0 Å². The summed E-state index contributed by atoms with van der Waals surface area (Å²) in [5, 5.41) is 2.82. The van der Waals surface area contributed by atoms with Gasteiger partial charge in [-0.3, -0.25) is 4.79 Å². The van der Waals surface area contributed by atoms with Crippen LogP contribution in [0.1, 0.15) is 31.2 Å². The molecular weight excluding hydrogens is 284 g/mol. The highest BCUT2D eigenvalue weighted by atomic mass is 35.5. The molecule has 0 atom stereocenters. The summed E-state index contributed by atoms with van der Waals surface area (Å²) in [5.74, 6) is -1.06. The van der Waals surface area contributed by atoms with Gasteiger partial charge in [0, 0.05) is 23.9 Å². The van der Waals surface area contributed by atoms with Gasteiger partial charge < -0.3 is 5.32 Å². The summed E-state index contributed by atoms with van der Waals surface area (Å²) in [7, 11) is 0. The fraction of sp³-hybridized carbons (Fsp3) is 0.533. The largest absolute Gasteiger partial charge is 0.355 e. The Kier molecular flexibility index (Phi) is 4.97. The molecule has 0 aliphatic heterocycles. The van der Waals surface area contributed by atoms with Gasteiger partial charge >= 0.3 is 0 Å². The van der Waals surface area contributed by atoms with Gasteiger partial charge in [0.1, 0.15) is 11.6 Å². The molecule has 20 heavy (non-hydrogen) atoms. The second-order valence-electron chi connectivity index (χ2n) is 5.53. The van der Waals surface area contributed by atoms with Crippen molar-refractivity contribution in [3.63, 3.8) is 0 Å². The highest BCUT2D eigenvalue weighted by Gasteiger charge is 2.33. The lowest BCUT2D eigenvalue weighted by molar-refractivity contribution is -0.120. The molecule has 1 fully saturated rings. The first-order chi connectivity index (χ1) is 9.54. The molecule has 110 valence electrons. The van der Waals surface area contributed by atoms with Gasteiger partial charge in [0.25, 0.3) is 0 Å². The lowest BCUT2D eigenvalue weighted by Gasteiger charge is -2.26. The number of halogens is 3. The van der Waals surface area contributed by atoms with Crippen LogP contribution in [0.2, 0.25) is 0 Å². The van der Waals surface area contributed by atoms with Crippen molar-refractivity contribution in [1.82, 2.24) is 5.32 Å². The minimum atomic E-state index is -0.687. The van der Waals surface area contributed by atoms with Crippen LogP contribution in [-0.4, -0.2) is 18.3 Å². The fourth-order valence-corrected chi connectivity index (χ4v) is 3.03. The van der Waals surface area contributed by atoms with Crippen LogP contribution >= 0.6 is 11.6 Å². The maximum Gasteiger partial charge on any atom is 0.224 e. The Balaban J connectivity index is 1.89. The van der Waals surface area contributed by atoms with Crippen molar-refractivity contribution in [2.45, 2.75) is 32.1 Å². The van der Waals surface area contributed by atoms with Gasteiger partial charge in [-0.15, -0.1) is 11.6 Å². The molecular formula is C15H18ClF2NO. The van der Waals surface area contributed by atoms with Gasteiger partial charge in [0.2, 0.25) is 5.91 Å². The van der Waals surface area contributed by atoms with Crippen LogP contribution in [-0.2, 0) is 11.2 Å². The van der Waals surface area contributed by atoms with E-state index < -0.39 is 11.6 Å². The second kappa shape index (κ2) is 6.53. The number of hydrogen-bond acceptors (Lipinski definition) is 1. The Hall–Kier alpha value is -1.16. The van der Waals surface area contributed by atoms with E-state index in [1.165, 1.54) is 6.07 Å². The molecule has 1 aliphatic rings. The van der Waals surface area contributed by atoms with E-state index in [1.807, 2.05) is 0 Å². The van der Waals surface area contributed by atoms with E-state index in [-0.39, 0.29) is 23.3 Å². The third-order valence-corrected chi connectivity index (χ3v) is 4.54. The summed E-state index contributed by atoms with van der Waals surface area (Å²) >= 11 is 6.00. The first kappa shape index (κ1) is 15.2. The third-order valence-electron chi connectivity index (χ3n) is 3.97. The minimum Gasteiger partial charge on any atom is -0.355 e. The summed E-state index contributed by atoms with van der Waals surface area (Å²) in [5.41, 5.74) is 0.189. The van der Waals surface area contributed by atoms with Gasteiger partial charge in [0.15, 0.2) is 0 Å². The highest BCUT2D eigenvalue weighted by molar-refractivity contribution is 6.18. The number of hydrogen-bond donors (Lipinski definition) is 1. The lowest BCUT2D eigenvalue weighted by Crippen LogP contribution is -2.37. The number of benzene rings is 1. The van der Waals surface area contributed by atoms with E-state index in [1.54, 1.807) is 0 Å². The van der Waals surface area contributed by atoms with Crippen molar-refractivity contribution < 1.29 is 13.6 Å². The van der Waals surface area contributed by atoms with Crippen molar-refractivity contribution >= 4 is 17.5 Å². The van der Waals surface area contributed by atoms with E-state index in [0.717, 1.165) is 37.8 Å². The van der Waals surface area contributed by atoms with E-state index in [4.69, 9.17) is 11.6 Å². The smallest absolute Gasteiger partial charge is 0.224 e. The van der Waals surface area contributed by atoms with E-state index in [0.29, 0.717) is 12.4 Å². The number of rotatable bonds is 5. The first-order valence-electron chi connectivity index (χ1n) is 6.81. The molecule has 2 rings (SSSR count). The number of amides is 1. The van der Waals surface area contributed by atoms with Crippen LogP contribution < -0.4 is 5.32 Å². The van der Waals surface area contributed by atoms with Crippen LogP contribution in [0.4, 0.5) is 8.78 Å². The highest BCUT2D eigenvalue weighted by Crippen LogP contribution is 2.38. The van der Waals surface area contributed by atoms with Crippen LogP contribution in [0, 0.1) is 17.0 Å². The van der Waals surface area contributed by atoms with Gasteiger partial charge in [-0.1, -0.05) is 18.9 Å². The van der Waals surface area contributed by atoms with E-state index >= 15 is 0 Å². The normalized spacial score (nSPS) is 17.1. The monoisotopic (exact) mass is 301 g/mol. The van der Waals surface area contributed by atoms with Crippen LogP contribution in [0.15, 0.2) is 18.2 Å². The summed E-state index contributed by atoms with van der Waals surface area (Å²) in [4.78, 5) is 11.8. The van der Waals surface area contributed by atoms with Gasteiger partial charge in [-0.05, 0) is 24.5 Å². The topological polar surface area (TPSA) is 29.1 Å².